The largest absolute Gasteiger partial charge is 0.291 e. The third kappa shape index (κ3) is 1.11. The SMILES string of the molecule is CC1(C)[C]CCC(=O)C1=O. The lowest BCUT2D eigenvalue weighted by atomic mass is 9.76. The molecule has 1 aliphatic carbocycles. The summed E-state index contributed by atoms with van der Waals surface area (Å²) in [6.45, 7) is 3.46. The molecule has 0 unspecified atom stereocenters. The Bertz CT molecular complexity index is 180. The third-order valence-corrected chi connectivity index (χ3v) is 1.74. The van der Waals surface area contributed by atoms with E-state index in [1.165, 1.54) is 0 Å². The van der Waals surface area contributed by atoms with Crippen molar-refractivity contribution in [1.29, 1.82) is 0 Å². The van der Waals surface area contributed by atoms with Crippen LogP contribution in [0.1, 0.15) is 26.7 Å². The maximum absolute atomic E-state index is 11.0. The Morgan fingerprint density at radius 3 is 2.40 bits per heavy atom. The van der Waals surface area contributed by atoms with Crippen LogP contribution in [0.25, 0.3) is 0 Å². The van der Waals surface area contributed by atoms with E-state index in [1.54, 1.807) is 13.8 Å². The van der Waals surface area contributed by atoms with Gasteiger partial charge in [0.15, 0.2) is 5.78 Å². The highest BCUT2D eigenvalue weighted by Gasteiger charge is 2.36. The summed E-state index contributed by atoms with van der Waals surface area (Å²) < 4.78 is 0. The van der Waals surface area contributed by atoms with Gasteiger partial charge in [-0.15, -0.1) is 0 Å². The van der Waals surface area contributed by atoms with Crippen LogP contribution < -0.4 is 0 Å². The summed E-state index contributed by atoms with van der Waals surface area (Å²) in [5.74, 6) is -0.539. The smallest absolute Gasteiger partial charge is 0.204 e. The minimum atomic E-state index is -0.630. The van der Waals surface area contributed by atoms with E-state index in [2.05, 4.69) is 6.42 Å². The molecule has 54 valence electrons. The molecule has 2 radical (unpaired) electrons. The lowest BCUT2D eigenvalue weighted by Gasteiger charge is -2.24. The van der Waals surface area contributed by atoms with Gasteiger partial charge >= 0.3 is 0 Å². The Labute approximate surface area is 60.6 Å². The number of hydrogen-bond acceptors (Lipinski definition) is 2. The minimum absolute atomic E-state index is 0.247. The zero-order chi connectivity index (χ0) is 7.78. The predicted molar refractivity (Wildman–Crippen MR) is 36.3 cm³/mol. The number of carbonyl (C=O) groups is 2. The summed E-state index contributed by atoms with van der Waals surface area (Å²) in [6.07, 6.45) is 3.94. The number of ketones is 2. The molecule has 2 nitrogen and oxygen atoms in total. The second kappa shape index (κ2) is 2.19. The summed E-state index contributed by atoms with van der Waals surface area (Å²) >= 11 is 0. The second-order valence-electron chi connectivity index (χ2n) is 3.05. The Hall–Kier alpha value is -0.660. The van der Waals surface area contributed by atoms with Crippen molar-refractivity contribution in [2.24, 2.45) is 5.41 Å². The van der Waals surface area contributed by atoms with Crippen molar-refractivity contribution in [2.75, 3.05) is 0 Å². The van der Waals surface area contributed by atoms with E-state index in [-0.39, 0.29) is 11.6 Å². The van der Waals surface area contributed by atoms with Crippen LogP contribution in [0.5, 0.6) is 0 Å². The van der Waals surface area contributed by atoms with E-state index in [0.29, 0.717) is 12.8 Å². The highest BCUT2D eigenvalue weighted by molar-refractivity contribution is 6.40. The van der Waals surface area contributed by atoms with Gasteiger partial charge in [0.25, 0.3) is 0 Å². The number of carbonyl (C=O) groups excluding carboxylic acids is 2. The van der Waals surface area contributed by atoms with Crippen LogP contribution in [0, 0.1) is 11.8 Å². The number of rotatable bonds is 0. The van der Waals surface area contributed by atoms with Crippen LogP contribution in [0.2, 0.25) is 0 Å². The molecule has 2 heteroatoms. The number of Topliss-reactive ketones (excluding diaryl/α,β-unsaturated/α-hetero) is 2. The van der Waals surface area contributed by atoms with Gasteiger partial charge in [-0.1, -0.05) is 13.8 Å². The standard InChI is InChI=1S/C8H10O2/c1-8(2)5-3-4-6(9)7(8)10/h3-4H2,1-2H3. The highest BCUT2D eigenvalue weighted by atomic mass is 16.2. The van der Waals surface area contributed by atoms with E-state index in [1.807, 2.05) is 0 Å². The molecule has 0 aromatic carbocycles. The fourth-order valence-electron chi connectivity index (χ4n) is 1.03. The first-order valence-corrected chi connectivity index (χ1v) is 3.37. The molecule has 1 aliphatic rings. The molecule has 0 saturated heterocycles. The van der Waals surface area contributed by atoms with Crippen molar-refractivity contribution in [3.63, 3.8) is 0 Å². The topological polar surface area (TPSA) is 34.1 Å². The zero-order valence-corrected chi connectivity index (χ0v) is 6.23. The zero-order valence-electron chi connectivity index (χ0n) is 6.23. The maximum Gasteiger partial charge on any atom is 0.204 e. The molecule has 0 heterocycles. The summed E-state index contributed by atoms with van der Waals surface area (Å²) in [4.78, 5) is 21.9. The maximum atomic E-state index is 11.0. The first kappa shape index (κ1) is 7.45. The van der Waals surface area contributed by atoms with Crippen LogP contribution in [0.4, 0.5) is 0 Å². The molecule has 1 rings (SSSR count). The average molecular weight is 138 g/mol. The average Bonchev–Trinajstić information content (AvgIpc) is 1.83. The van der Waals surface area contributed by atoms with Gasteiger partial charge in [0.05, 0.1) is 0 Å². The van der Waals surface area contributed by atoms with Crippen LogP contribution in [-0.4, -0.2) is 11.6 Å². The fraction of sp³-hybridized carbons (Fsp3) is 0.625. The molecule has 0 N–H and O–H groups in total. The van der Waals surface area contributed by atoms with Crippen LogP contribution in [-0.2, 0) is 9.59 Å². The van der Waals surface area contributed by atoms with Crippen molar-refractivity contribution in [3.05, 3.63) is 6.42 Å². The van der Waals surface area contributed by atoms with E-state index in [4.69, 9.17) is 0 Å². The summed E-state index contributed by atoms with van der Waals surface area (Å²) in [7, 11) is 0. The molecule has 0 aromatic heterocycles. The Balaban J connectivity index is 2.79. The van der Waals surface area contributed by atoms with Gasteiger partial charge in [-0.2, -0.15) is 0 Å². The van der Waals surface area contributed by atoms with Gasteiger partial charge in [-0.3, -0.25) is 9.59 Å². The lowest BCUT2D eigenvalue weighted by molar-refractivity contribution is -0.142. The molecule has 0 aromatic rings. The van der Waals surface area contributed by atoms with Gasteiger partial charge in [0.1, 0.15) is 0 Å². The second-order valence-corrected chi connectivity index (χ2v) is 3.05. The first-order chi connectivity index (χ1) is 4.54. The Kier molecular flexibility index (Phi) is 1.63. The van der Waals surface area contributed by atoms with Crippen molar-refractivity contribution in [1.82, 2.24) is 0 Å². The summed E-state index contributed by atoms with van der Waals surface area (Å²) in [5.41, 5.74) is -0.630. The van der Waals surface area contributed by atoms with E-state index in [9.17, 15) is 9.59 Å². The van der Waals surface area contributed by atoms with Crippen molar-refractivity contribution in [2.45, 2.75) is 26.7 Å². The van der Waals surface area contributed by atoms with Gasteiger partial charge in [0, 0.05) is 11.8 Å². The summed E-state index contributed by atoms with van der Waals surface area (Å²) in [5, 5.41) is 0. The molecular weight excluding hydrogens is 128 g/mol. The predicted octanol–water partition coefficient (Wildman–Crippen LogP) is 1.03. The lowest BCUT2D eigenvalue weighted by Crippen LogP contribution is -2.35. The van der Waals surface area contributed by atoms with Gasteiger partial charge in [-0.25, -0.2) is 0 Å². The third-order valence-electron chi connectivity index (χ3n) is 1.74. The normalized spacial score (nSPS) is 25.0. The van der Waals surface area contributed by atoms with E-state index >= 15 is 0 Å². The monoisotopic (exact) mass is 138 g/mol. The van der Waals surface area contributed by atoms with Crippen molar-refractivity contribution >= 4 is 11.6 Å². The molecule has 0 bridgehead atoms. The van der Waals surface area contributed by atoms with Crippen LogP contribution in [0.3, 0.4) is 0 Å². The minimum Gasteiger partial charge on any atom is -0.291 e. The molecule has 1 fully saturated rings. The molecule has 0 atom stereocenters. The van der Waals surface area contributed by atoms with Crippen LogP contribution in [0.15, 0.2) is 0 Å². The highest BCUT2D eigenvalue weighted by Crippen LogP contribution is 2.28. The Morgan fingerprint density at radius 2 is 2.00 bits per heavy atom. The van der Waals surface area contributed by atoms with Crippen molar-refractivity contribution in [3.8, 4) is 0 Å². The van der Waals surface area contributed by atoms with Gasteiger partial charge < -0.3 is 0 Å². The molecule has 0 amide bonds. The van der Waals surface area contributed by atoms with Crippen LogP contribution >= 0.6 is 0 Å². The fourth-order valence-corrected chi connectivity index (χ4v) is 1.03. The summed E-state index contributed by atoms with van der Waals surface area (Å²) in [6, 6.07) is 0. The van der Waals surface area contributed by atoms with Crippen molar-refractivity contribution < 1.29 is 9.59 Å². The quantitative estimate of drug-likeness (QED) is 0.468. The van der Waals surface area contributed by atoms with E-state index < -0.39 is 5.41 Å². The van der Waals surface area contributed by atoms with Gasteiger partial charge in [0.2, 0.25) is 5.78 Å². The molecule has 0 spiro atoms. The molecule has 1 saturated carbocycles. The number of hydrogen-bond donors (Lipinski definition) is 0. The van der Waals surface area contributed by atoms with Gasteiger partial charge in [-0.05, 0) is 12.8 Å². The Morgan fingerprint density at radius 1 is 1.40 bits per heavy atom. The first-order valence-electron chi connectivity index (χ1n) is 3.37. The molecule has 10 heavy (non-hydrogen) atoms. The van der Waals surface area contributed by atoms with E-state index in [0.717, 1.165) is 0 Å². The molecular formula is C8H10O2. The molecule has 0 aliphatic heterocycles.